The van der Waals surface area contributed by atoms with Crippen molar-refractivity contribution in [3.63, 3.8) is 0 Å². The number of amides is 1. The highest BCUT2D eigenvalue weighted by atomic mass is 16.1. The molecule has 4 nitrogen and oxygen atoms in total. The number of hydrogen-bond donors (Lipinski definition) is 2. The van der Waals surface area contributed by atoms with Crippen LogP contribution in [0.3, 0.4) is 0 Å². The van der Waals surface area contributed by atoms with Crippen LogP contribution in [-0.4, -0.2) is 16.9 Å². The lowest BCUT2D eigenvalue weighted by Crippen LogP contribution is -2.27. The van der Waals surface area contributed by atoms with Crippen LogP contribution in [0.1, 0.15) is 32.5 Å². The molecule has 1 aromatic heterocycles. The predicted molar refractivity (Wildman–Crippen MR) is 129 cm³/mol. The molecular weight excluding hydrogens is 382 g/mol. The third-order valence-corrected chi connectivity index (χ3v) is 5.85. The number of rotatable bonds is 6. The maximum Gasteiger partial charge on any atom is 0.251 e. The van der Waals surface area contributed by atoms with E-state index >= 15 is 0 Å². The van der Waals surface area contributed by atoms with Crippen LogP contribution in [-0.2, 0) is 0 Å². The molecule has 1 amide bonds. The SMILES string of the molecule is O=C(N[C@@H]1C[C@H]1C1=CCCC=C1)c1cccc(Nc2ccc(-c3cccnc3)cc2)c1.[HH].[HH]. The van der Waals surface area contributed by atoms with Gasteiger partial charge in [-0.1, -0.05) is 42.5 Å². The van der Waals surface area contributed by atoms with Crippen LogP contribution in [0.5, 0.6) is 0 Å². The minimum atomic E-state index is -0.0107. The van der Waals surface area contributed by atoms with Crippen LogP contribution in [0.2, 0.25) is 0 Å². The minimum absolute atomic E-state index is 0. The van der Waals surface area contributed by atoms with E-state index in [0.29, 0.717) is 11.5 Å². The third-order valence-electron chi connectivity index (χ3n) is 5.85. The Hall–Kier alpha value is -3.66. The molecule has 2 N–H and O–H groups in total. The van der Waals surface area contributed by atoms with Gasteiger partial charge in [0, 0.05) is 44.1 Å². The van der Waals surface area contributed by atoms with E-state index in [1.54, 1.807) is 6.20 Å². The van der Waals surface area contributed by atoms with E-state index in [9.17, 15) is 4.79 Å². The Labute approximate surface area is 185 Å². The first kappa shape index (κ1) is 19.3. The van der Waals surface area contributed by atoms with Gasteiger partial charge in [0.15, 0.2) is 0 Å². The van der Waals surface area contributed by atoms with Crippen molar-refractivity contribution in [2.24, 2.45) is 5.92 Å². The standard InChI is InChI=1S/C27H25N3O.2H2/c31-27(30-26-17-25(26)20-6-2-1-3-7-20)21-8-4-10-24(16-21)29-23-13-11-19(12-14-23)22-9-5-15-28-18-22;;/h2,4-16,18,25-26,29H,1,3,17H2,(H,30,31);2*1H/t25-,26+;;/m0../s1. The Balaban J connectivity index is 0.00000153. The summed E-state index contributed by atoms with van der Waals surface area (Å²) in [7, 11) is 0. The Kier molecular flexibility index (Phi) is 5.36. The maximum absolute atomic E-state index is 12.7. The highest BCUT2D eigenvalue weighted by Gasteiger charge is 2.40. The zero-order valence-corrected chi connectivity index (χ0v) is 17.3. The first-order valence-electron chi connectivity index (χ1n) is 10.8. The van der Waals surface area contributed by atoms with Crippen molar-refractivity contribution in [2.45, 2.75) is 25.3 Å². The fraction of sp³-hybridized carbons (Fsp3) is 0.185. The van der Waals surface area contributed by atoms with Gasteiger partial charge in [-0.05, 0) is 72.4 Å². The van der Waals surface area contributed by atoms with Gasteiger partial charge in [0.2, 0.25) is 0 Å². The molecule has 0 radical (unpaired) electrons. The van der Waals surface area contributed by atoms with Crippen LogP contribution in [0.15, 0.2) is 96.9 Å². The number of carbonyl (C=O) groups is 1. The predicted octanol–water partition coefficient (Wildman–Crippen LogP) is 6.38. The molecule has 158 valence electrons. The van der Waals surface area contributed by atoms with Gasteiger partial charge in [0.05, 0.1) is 0 Å². The van der Waals surface area contributed by atoms with Crippen molar-refractivity contribution in [3.8, 4) is 11.1 Å². The average Bonchev–Trinajstić information content (AvgIpc) is 3.60. The van der Waals surface area contributed by atoms with E-state index in [0.717, 1.165) is 41.8 Å². The molecule has 3 aromatic rings. The smallest absolute Gasteiger partial charge is 0.251 e. The summed E-state index contributed by atoms with van der Waals surface area (Å²) in [5.74, 6) is 0.462. The first-order chi connectivity index (χ1) is 15.3. The number of carbonyl (C=O) groups excluding carboxylic acids is 1. The fourth-order valence-corrected chi connectivity index (χ4v) is 4.07. The summed E-state index contributed by atoms with van der Waals surface area (Å²) in [5, 5.41) is 6.58. The zero-order valence-electron chi connectivity index (χ0n) is 17.3. The number of anilines is 2. The molecule has 2 aliphatic rings. The van der Waals surface area contributed by atoms with Crippen molar-refractivity contribution >= 4 is 17.3 Å². The van der Waals surface area contributed by atoms with Gasteiger partial charge >= 0.3 is 0 Å². The van der Waals surface area contributed by atoms with E-state index < -0.39 is 0 Å². The normalized spacial score (nSPS) is 19.4. The molecule has 2 aromatic carbocycles. The summed E-state index contributed by atoms with van der Waals surface area (Å²) in [4.78, 5) is 16.9. The molecule has 0 unspecified atom stereocenters. The molecule has 0 saturated heterocycles. The molecule has 2 aliphatic carbocycles. The molecule has 31 heavy (non-hydrogen) atoms. The molecule has 5 rings (SSSR count). The number of pyridine rings is 1. The van der Waals surface area contributed by atoms with Gasteiger partial charge in [-0.2, -0.15) is 0 Å². The van der Waals surface area contributed by atoms with Crippen LogP contribution < -0.4 is 10.6 Å². The first-order valence-corrected chi connectivity index (χ1v) is 10.8. The number of benzene rings is 2. The largest absolute Gasteiger partial charge is 0.356 e. The summed E-state index contributed by atoms with van der Waals surface area (Å²) in [5.41, 5.74) is 6.13. The molecule has 0 spiro atoms. The summed E-state index contributed by atoms with van der Waals surface area (Å²) < 4.78 is 0. The Morgan fingerprint density at radius 2 is 1.87 bits per heavy atom. The number of aromatic nitrogens is 1. The molecule has 0 aliphatic heterocycles. The average molecular weight is 412 g/mol. The van der Waals surface area contributed by atoms with Gasteiger partial charge in [0.25, 0.3) is 5.91 Å². The van der Waals surface area contributed by atoms with E-state index in [4.69, 9.17) is 0 Å². The lowest BCUT2D eigenvalue weighted by molar-refractivity contribution is 0.0950. The highest BCUT2D eigenvalue weighted by Crippen LogP contribution is 2.39. The Morgan fingerprint density at radius 3 is 2.65 bits per heavy atom. The zero-order chi connectivity index (χ0) is 21.0. The number of allylic oxidation sites excluding steroid dienone is 3. The summed E-state index contributed by atoms with van der Waals surface area (Å²) in [6.45, 7) is 0. The highest BCUT2D eigenvalue weighted by molar-refractivity contribution is 5.95. The van der Waals surface area contributed by atoms with E-state index in [1.165, 1.54) is 5.57 Å². The fourth-order valence-electron chi connectivity index (χ4n) is 4.07. The van der Waals surface area contributed by atoms with Gasteiger partial charge in [-0.25, -0.2) is 0 Å². The molecule has 1 heterocycles. The second-order valence-electron chi connectivity index (χ2n) is 8.13. The molecule has 4 heteroatoms. The van der Waals surface area contributed by atoms with Crippen molar-refractivity contribution in [3.05, 3.63) is 102 Å². The minimum Gasteiger partial charge on any atom is -0.356 e. The topological polar surface area (TPSA) is 54.0 Å². The van der Waals surface area contributed by atoms with Crippen LogP contribution in [0, 0.1) is 5.92 Å². The molecular formula is C27H29N3O. The lowest BCUT2D eigenvalue weighted by atomic mass is 10.0. The molecule has 1 fully saturated rings. The van der Waals surface area contributed by atoms with E-state index in [1.807, 2.05) is 54.7 Å². The van der Waals surface area contributed by atoms with Gasteiger partial charge < -0.3 is 10.6 Å². The monoisotopic (exact) mass is 411 g/mol. The Morgan fingerprint density at radius 1 is 0.968 bits per heavy atom. The second-order valence-corrected chi connectivity index (χ2v) is 8.13. The summed E-state index contributed by atoms with van der Waals surface area (Å²) in [6.07, 6.45) is 13.6. The third kappa shape index (κ3) is 4.58. The van der Waals surface area contributed by atoms with Gasteiger partial charge in [-0.3, -0.25) is 9.78 Å². The van der Waals surface area contributed by atoms with Crippen LogP contribution in [0.25, 0.3) is 11.1 Å². The van der Waals surface area contributed by atoms with Crippen molar-refractivity contribution in [2.75, 3.05) is 5.32 Å². The maximum atomic E-state index is 12.7. The van der Waals surface area contributed by atoms with Gasteiger partial charge in [0.1, 0.15) is 0 Å². The van der Waals surface area contributed by atoms with Crippen molar-refractivity contribution in [1.29, 1.82) is 0 Å². The van der Waals surface area contributed by atoms with Crippen molar-refractivity contribution in [1.82, 2.24) is 10.3 Å². The quantitative estimate of drug-likeness (QED) is 0.495. The van der Waals surface area contributed by atoms with E-state index in [2.05, 4.69) is 46.0 Å². The van der Waals surface area contributed by atoms with Crippen molar-refractivity contribution < 1.29 is 7.65 Å². The number of hydrogen-bond acceptors (Lipinski definition) is 3. The van der Waals surface area contributed by atoms with E-state index in [-0.39, 0.29) is 14.8 Å². The second kappa shape index (κ2) is 8.60. The van der Waals surface area contributed by atoms with Crippen LogP contribution >= 0.6 is 0 Å². The molecule has 1 saturated carbocycles. The lowest BCUT2D eigenvalue weighted by Gasteiger charge is -2.11. The molecule has 0 bridgehead atoms. The Bertz CT molecular complexity index is 1140. The van der Waals surface area contributed by atoms with Crippen LogP contribution in [0.4, 0.5) is 11.4 Å². The summed E-state index contributed by atoms with van der Waals surface area (Å²) >= 11 is 0. The number of nitrogens with zero attached hydrogens (tertiary/aromatic N) is 1. The molecule has 2 atom stereocenters. The number of nitrogens with one attached hydrogen (secondary N) is 2. The van der Waals surface area contributed by atoms with Gasteiger partial charge in [-0.15, -0.1) is 0 Å². The summed E-state index contributed by atoms with van der Waals surface area (Å²) in [6, 6.07) is 20.1.